The zero-order valence-electron chi connectivity index (χ0n) is 18.9. The summed E-state index contributed by atoms with van der Waals surface area (Å²) in [6, 6.07) is 6.08. The number of benzene rings is 1. The Morgan fingerprint density at radius 1 is 1.18 bits per heavy atom. The van der Waals surface area contributed by atoms with E-state index in [1.54, 1.807) is 25.2 Å². The molecule has 1 aliphatic carbocycles. The highest BCUT2D eigenvalue weighted by molar-refractivity contribution is 6.01. The Labute approximate surface area is 197 Å². The van der Waals surface area contributed by atoms with Crippen molar-refractivity contribution < 1.29 is 9.53 Å². The van der Waals surface area contributed by atoms with E-state index in [0.29, 0.717) is 19.6 Å². The molecule has 1 saturated heterocycles. The highest BCUT2D eigenvalue weighted by Gasteiger charge is 2.32. The van der Waals surface area contributed by atoms with Crippen LogP contribution >= 0.6 is 0 Å². The molecular formula is C25H27N7O2. The van der Waals surface area contributed by atoms with Gasteiger partial charge in [0.05, 0.1) is 30.8 Å². The van der Waals surface area contributed by atoms with Crippen molar-refractivity contribution in [3.63, 3.8) is 0 Å². The number of carbonyl (C=O) groups is 1. The molecule has 0 amide bonds. The van der Waals surface area contributed by atoms with E-state index in [0.717, 1.165) is 72.0 Å². The van der Waals surface area contributed by atoms with Crippen LogP contribution in [-0.4, -0.2) is 51.3 Å². The third-order valence-electron chi connectivity index (χ3n) is 7.08. The second-order valence-corrected chi connectivity index (χ2v) is 9.10. The van der Waals surface area contributed by atoms with E-state index in [1.807, 2.05) is 18.2 Å². The maximum atomic E-state index is 13.2. The van der Waals surface area contributed by atoms with E-state index >= 15 is 0 Å². The third kappa shape index (κ3) is 3.81. The lowest BCUT2D eigenvalue weighted by molar-refractivity contribution is 0.0899. The smallest absolute Gasteiger partial charge is 0.166 e. The lowest BCUT2D eigenvalue weighted by Gasteiger charge is -2.29. The molecule has 0 saturated carbocycles. The number of ether oxygens (including phenoxy) is 1. The van der Waals surface area contributed by atoms with Crippen LogP contribution in [0.2, 0.25) is 0 Å². The first-order valence-electron chi connectivity index (χ1n) is 11.9. The number of ketones is 1. The largest absolute Gasteiger partial charge is 0.491 e. The van der Waals surface area contributed by atoms with Gasteiger partial charge in [0, 0.05) is 35.5 Å². The molecule has 0 unspecified atom stereocenters. The van der Waals surface area contributed by atoms with Crippen LogP contribution in [0.5, 0.6) is 5.75 Å². The Morgan fingerprint density at radius 2 is 2.15 bits per heavy atom. The molecule has 2 aliphatic heterocycles. The topological polar surface area (TPSA) is 108 Å². The predicted octanol–water partition coefficient (Wildman–Crippen LogP) is 3.19. The Hall–Kier alpha value is -3.75. The summed E-state index contributed by atoms with van der Waals surface area (Å²) in [5.41, 5.74) is 3.87. The fraction of sp³-hybridized carbons (Fsp3) is 0.400. The van der Waals surface area contributed by atoms with Gasteiger partial charge in [-0.25, -0.2) is 15.0 Å². The number of nitrogens with one attached hydrogen (secondary N) is 2. The number of aliphatic imine (C=N–C) groups is 1. The summed E-state index contributed by atoms with van der Waals surface area (Å²) < 4.78 is 6.37. The fourth-order valence-corrected chi connectivity index (χ4v) is 5.35. The number of rotatable bonds is 6. The van der Waals surface area contributed by atoms with Crippen LogP contribution in [0, 0.1) is 5.92 Å². The summed E-state index contributed by atoms with van der Waals surface area (Å²) in [5.74, 6) is 2.77. The van der Waals surface area contributed by atoms with Crippen molar-refractivity contribution in [2.24, 2.45) is 10.9 Å². The molecule has 2 N–H and O–H groups in total. The minimum atomic E-state index is -0.0197. The number of fused-ring (bicyclic) bond motifs is 2. The van der Waals surface area contributed by atoms with E-state index in [2.05, 4.69) is 35.1 Å². The normalized spacial score (nSPS) is 21.2. The lowest BCUT2D eigenvalue weighted by atomic mass is 9.80. The van der Waals surface area contributed by atoms with Crippen molar-refractivity contribution in [2.45, 2.75) is 44.7 Å². The van der Waals surface area contributed by atoms with Crippen molar-refractivity contribution >= 4 is 23.8 Å². The maximum Gasteiger partial charge on any atom is 0.166 e. The number of hydrogen-bond donors (Lipinski definition) is 2. The van der Waals surface area contributed by atoms with Gasteiger partial charge >= 0.3 is 0 Å². The number of carbonyl (C=O) groups excluding carboxylic acids is 1. The Balaban J connectivity index is 1.18. The van der Waals surface area contributed by atoms with Gasteiger partial charge in [0.2, 0.25) is 0 Å². The molecule has 3 aliphatic rings. The first-order valence-corrected chi connectivity index (χ1v) is 11.9. The number of aromatic nitrogens is 4. The molecule has 6 rings (SSSR count). The summed E-state index contributed by atoms with van der Waals surface area (Å²) in [6.45, 7) is 2.07. The van der Waals surface area contributed by atoms with Gasteiger partial charge in [0.1, 0.15) is 30.3 Å². The molecule has 4 heterocycles. The molecule has 174 valence electrons. The number of Topliss-reactive ketones (excluding diaryl/α,β-unsaturated/α-hetero) is 1. The fourth-order valence-electron chi connectivity index (χ4n) is 5.35. The first-order chi connectivity index (χ1) is 16.8. The molecule has 0 spiro atoms. The molecule has 9 heteroatoms. The Morgan fingerprint density at radius 3 is 3.06 bits per heavy atom. The van der Waals surface area contributed by atoms with Crippen LogP contribution in [-0.2, 0) is 19.4 Å². The van der Waals surface area contributed by atoms with E-state index in [1.165, 1.54) is 0 Å². The number of H-pyrrole nitrogens is 1. The van der Waals surface area contributed by atoms with Gasteiger partial charge in [-0.05, 0) is 38.2 Å². The maximum absolute atomic E-state index is 13.2. The van der Waals surface area contributed by atoms with Gasteiger partial charge in [0.25, 0.3) is 0 Å². The predicted molar refractivity (Wildman–Crippen MR) is 129 cm³/mol. The zero-order valence-corrected chi connectivity index (χ0v) is 18.9. The minimum Gasteiger partial charge on any atom is -0.491 e. The van der Waals surface area contributed by atoms with Crippen molar-refractivity contribution in [3.8, 4) is 5.75 Å². The third-order valence-corrected chi connectivity index (χ3v) is 7.08. The average molecular weight is 458 g/mol. The van der Waals surface area contributed by atoms with Gasteiger partial charge in [-0.15, -0.1) is 0 Å². The summed E-state index contributed by atoms with van der Waals surface area (Å²) >= 11 is 0. The number of hydrogen-bond acceptors (Lipinski definition) is 8. The van der Waals surface area contributed by atoms with E-state index in [-0.39, 0.29) is 17.7 Å². The van der Waals surface area contributed by atoms with Gasteiger partial charge < -0.3 is 19.9 Å². The monoisotopic (exact) mass is 457 g/mol. The summed E-state index contributed by atoms with van der Waals surface area (Å²) in [6.07, 6.45) is 11.2. The number of anilines is 2. The van der Waals surface area contributed by atoms with Crippen LogP contribution in [0.1, 0.15) is 46.4 Å². The summed E-state index contributed by atoms with van der Waals surface area (Å²) in [7, 11) is 0. The number of nitrogens with zero attached hydrogens (tertiary/aromatic N) is 5. The summed E-state index contributed by atoms with van der Waals surface area (Å²) in [5, 5.41) is 3.12. The van der Waals surface area contributed by atoms with Gasteiger partial charge in [-0.3, -0.25) is 9.79 Å². The molecule has 3 aromatic rings. The highest BCUT2D eigenvalue weighted by Crippen LogP contribution is 2.35. The molecule has 1 fully saturated rings. The molecule has 2 aromatic heterocycles. The zero-order chi connectivity index (χ0) is 22.9. The van der Waals surface area contributed by atoms with Crippen LogP contribution in [0.25, 0.3) is 0 Å². The van der Waals surface area contributed by atoms with E-state index < -0.39 is 0 Å². The van der Waals surface area contributed by atoms with Crippen LogP contribution < -0.4 is 15.0 Å². The van der Waals surface area contributed by atoms with E-state index in [4.69, 9.17) is 4.74 Å². The van der Waals surface area contributed by atoms with Gasteiger partial charge in [-0.2, -0.15) is 0 Å². The van der Waals surface area contributed by atoms with Crippen molar-refractivity contribution in [1.29, 1.82) is 0 Å². The molecular weight excluding hydrogens is 430 g/mol. The minimum absolute atomic E-state index is 0.0197. The van der Waals surface area contributed by atoms with E-state index in [9.17, 15) is 4.79 Å². The van der Waals surface area contributed by atoms with Crippen molar-refractivity contribution in [3.05, 3.63) is 59.4 Å². The summed E-state index contributed by atoms with van der Waals surface area (Å²) in [4.78, 5) is 36.0. The molecule has 9 nitrogen and oxygen atoms in total. The average Bonchev–Trinajstić information content (AvgIpc) is 3.56. The Kier molecular flexibility index (Phi) is 5.44. The standard InChI is InChI=1S/C25H27N7O2/c33-23-16(9-17-10-26-13-28-17)6-7-19-20(23)4-1-5-22(19)34-12-18-3-2-8-32(18)25-21-11-27-14-29-24(21)30-15-31-25/h1,4-5,10,13-16,18H,2-3,6-9,11-12H2,(H,26,28)(H,27,29,30,31)/t16-,18-/m1/s1. The van der Waals surface area contributed by atoms with Crippen LogP contribution in [0.15, 0.2) is 42.0 Å². The molecule has 34 heavy (non-hydrogen) atoms. The molecule has 0 radical (unpaired) electrons. The second kappa shape index (κ2) is 8.89. The molecule has 1 aromatic carbocycles. The highest BCUT2D eigenvalue weighted by atomic mass is 16.5. The van der Waals surface area contributed by atoms with Crippen molar-refractivity contribution in [1.82, 2.24) is 19.9 Å². The number of imidazole rings is 1. The molecule has 0 bridgehead atoms. The van der Waals surface area contributed by atoms with Gasteiger partial charge in [-0.1, -0.05) is 12.1 Å². The SMILES string of the molecule is O=C1c2cccc(OC[C@H]3CCCN3c3ncnc4c3CN=CN4)c2CC[C@@H]1Cc1cnc[nH]1. The lowest BCUT2D eigenvalue weighted by Crippen LogP contribution is -2.36. The molecule has 2 atom stereocenters. The van der Waals surface area contributed by atoms with Gasteiger partial charge in [0.15, 0.2) is 5.78 Å². The quantitative estimate of drug-likeness (QED) is 0.585. The van der Waals surface area contributed by atoms with Crippen LogP contribution in [0.4, 0.5) is 11.6 Å². The van der Waals surface area contributed by atoms with Crippen molar-refractivity contribution in [2.75, 3.05) is 23.4 Å². The first kappa shape index (κ1) is 20.8. The number of aromatic amines is 1. The van der Waals surface area contributed by atoms with Crippen LogP contribution in [0.3, 0.4) is 0 Å². The Bertz CT molecular complexity index is 1220. The second-order valence-electron chi connectivity index (χ2n) is 9.10.